The number of halogens is 1. The fraction of sp³-hybridized carbons (Fsp3) is 0.214. The molecule has 5 heteroatoms. The van der Waals surface area contributed by atoms with Gasteiger partial charge in [-0.3, -0.25) is 0 Å². The molecule has 2 aromatic rings. The van der Waals surface area contributed by atoms with Crippen molar-refractivity contribution < 1.29 is 9.90 Å². The summed E-state index contributed by atoms with van der Waals surface area (Å²) in [5.74, 6) is -0.887. The van der Waals surface area contributed by atoms with Crippen LogP contribution in [0.1, 0.15) is 33.8 Å². The average Bonchev–Trinajstić information content (AvgIpc) is 2.85. The third kappa shape index (κ3) is 3.56. The van der Waals surface area contributed by atoms with E-state index in [4.69, 9.17) is 16.7 Å². The quantitative estimate of drug-likeness (QED) is 0.878. The van der Waals surface area contributed by atoms with E-state index in [-0.39, 0.29) is 6.04 Å². The molecule has 1 atom stereocenters. The van der Waals surface area contributed by atoms with Crippen LogP contribution in [0.15, 0.2) is 35.7 Å². The lowest BCUT2D eigenvalue weighted by Crippen LogP contribution is -2.17. The normalized spacial score (nSPS) is 12.3. The first kappa shape index (κ1) is 14.1. The molecule has 0 radical (unpaired) electrons. The number of hydrogen-bond acceptors (Lipinski definition) is 3. The second kappa shape index (κ2) is 6.19. The second-order valence-electron chi connectivity index (χ2n) is 4.23. The Kier molecular flexibility index (Phi) is 4.58. The topological polar surface area (TPSA) is 49.3 Å². The number of nitrogens with one attached hydrogen (secondary N) is 1. The van der Waals surface area contributed by atoms with E-state index >= 15 is 0 Å². The van der Waals surface area contributed by atoms with Crippen molar-refractivity contribution in [2.24, 2.45) is 0 Å². The van der Waals surface area contributed by atoms with Gasteiger partial charge >= 0.3 is 5.97 Å². The van der Waals surface area contributed by atoms with Crippen molar-refractivity contribution in [2.45, 2.75) is 19.5 Å². The molecule has 0 amide bonds. The molecule has 0 aliphatic carbocycles. The molecule has 2 rings (SSSR count). The Morgan fingerprint density at radius 2 is 2.21 bits per heavy atom. The Balaban J connectivity index is 1.98. The van der Waals surface area contributed by atoms with Crippen LogP contribution in [0.4, 0.5) is 0 Å². The summed E-state index contributed by atoms with van der Waals surface area (Å²) in [4.78, 5) is 11.8. The largest absolute Gasteiger partial charge is 0.478 e. The molecule has 1 aromatic carbocycles. The van der Waals surface area contributed by atoms with Crippen LogP contribution < -0.4 is 5.32 Å². The van der Waals surface area contributed by atoms with Gasteiger partial charge in [0, 0.05) is 27.9 Å². The molecule has 0 spiro atoms. The molecular formula is C14H14ClNO2S. The summed E-state index contributed by atoms with van der Waals surface area (Å²) in [5, 5.41) is 14.6. The van der Waals surface area contributed by atoms with Crippen LogP contribution in [0, 0.1) is 0 Å². The van der Waals surface area contributed by atoms with Crippen molar-refractivity contribution in [1.82, 2.24) is 5.32 Å². The van der Waals surface area contributed by atoms with E-state index < -0.39 is 5.97 Å². The fourth-order valence-electron chi connectivity index (χ4n) is 1.78. The maximum atomic E-state index is 10.8. The zero-order valence-electron chi connectivity index (χ0n) is 10.4. The van der Waals surface area contributed by atoms with Crippen molar-refractivity contribution in [3.63, 3.8) is 0 Å². The molecule has 19 heavy (non-hydrogen) atoms. The highest BCUT2D eigenvalue weighted by atomic mass is 35.5. The van der Waals surface area contributed by atoms with Crippen molar-refractivity contribution in [3.05, 3.63) is 56.7 Å². The van der Waals surface area contributed by atoms with E-state index in [0.717, 1.165) is 15.5 Å². The van der Waals surface area contributed by atoms with Crippen LogP contribution in [0.2, 0.25) is 5.02 Å². The number of carboxylic acids is 1. The highest BCUT2D eigenvalue weighted by Crippen LogP contribution is 2.23. The summed E-state index contributed by atoms with van der Waals surface area (Å²) in [6, 6.07) is 9.51. The SMILES string of the molecule is C[C@@H](NCc1cc(C(=O)O)cs1)c1ccccc1Cl. The lowest BCUT2D eigenvalue weighted by molar-refractivity contribution is 0.0697. The molecule has 2 N–H and O–H groups in total. The summed E-state index contributed by atoms with van der Waals surface area (Å²) in [6.07, 6.45) is 0. The van der Waals surface area contributed by atoms with Gasteiger partial charge in [0.15, 0.2) is 0 Å². The summed E-state index contributed by atoms with van der Waals surface area (Å²) in [7, 11) is 0. The molecular weight excluding hydrogens is 282 g/mol. The minimum atomic E-state index is -0.887. The first-order valence-corrected chi connectivity index (χ1v) is 7.12. The molecule has 0 saturated carbocycles. The Morgan fingerprint density at radius 3 is 2.84 bits per heavy atom. The summed E-state index contributed by atoms with van der Waals surface area (Å²) in [5.41, 5.74) is 1.38. The van der Waals surface area contributed by atoms with E-state index in [1.165, 1.54) is 11.3 Å². The Bertz CT molecular complexity index is 582. The maximum absolute atomic E-state index is 10.8. The van der Waals surface area contributed by atoms with Gasteiger partial charge in [-0.1, -0.05) is 29.8 Å². The monoisotopic (exact) mass is 295 g/mol. The van der Waals surface area contributed by atoms with Crippen molar-refractivity contribution in [2.75, 3.05) is 0 Å². The fourth-order valence-corrected chi connectivity index (χ4v) is 2.88. The smallest absolute Gasteiger partial charge is 0.336 e. The van der Waals surface area contributed by atoms with E-state index in [0.29, 0.717) is 12.1 Å². The second-order valence-corrected chi connectivity index (χ2v) is 5.63. The number of thiophene rings is 1. The summed E-state index contributed by atoms with van der Waals surface area (Å²) < 4.78 is 0. The molecule has 0 aliphatic rings. The number of rotatable bonds is 5. The van der Waals surface area contributed by atoms with E-state index in [2.05, 4.69) is 5.32 Å². The number of aromatic carboxylic acids is 1. The standard InChI is InChI=1S/C14H14ClNO2S/c1-9(12-4-2-3-5-13(12)15)16-7-11-6-10(8-19-11)14(17)18/h2-6,8-9,16H,7H2,1H3,(H,17,18)/t9-/m1/s1. The zero-order valence-corrected chi connectivity index (χ0v) is 12.0. The molecule has 3 nitrogen and oxygen atoms in total. The van der Waals surface area contributed by atoms with Crippen LogP contribution in [0.25, 0.3) is 0 Å². The van der Waals surface area contributed by atoms with Gasteiger partial charge in [0.25, 0.3) is 0 Å². The van der Waals surface area contributed by atoms with Gasteiger partial charge in [-0.2, -0.15) is 0 Å². The third-order valence-electron chi connectivity index (χ3n) is 2.85. The highest BCUT2D eigenvalue weighted by Gasteiger charge is 2.10. The average molecular weight is 296 g/mol. The Morgan fingerprint density at radius 1 is 1.47 bits per heavy atom. The van der Waals surface area contributed by atoms with Gasteiger partial charge in [0.2, 0.25) is 0 Å². The number of carbonyl (C=O) groups is 1. The molecule has 0 saturated heterocycles. The number of hydrogen-bond donors (Lipinski definition) is 2. The minimum absolute atomic E-state index is 0.115. The number of carboxylic acid groups (broad SMARTS) is 1. The maximum Gasteiger partial charge on any atom is 0.336 e. The van der Waals surface area contributed by atoms with Crippen LogP contribution >= 0.6 is 22.9 Å². The van der Waals surface area contributed by atoms with Gasteiger partial charge in [0.05, 0.1) is 5.56 Å². The van der Waals surface area contributed by atoms with Crippen LogP contribution in [0.3, 0.4) is 0 Å². The molecule has 100 valence electrons. The van der Waals surface area contributed by atoms with E-state index in [1.54, 1.807) is 11.4 Å². The van der Waals surface area contributed by atoms with Crippen LogP contribution in [-0.4, -0.2) is 11.1 Å². The van der Waals surface area contributed by atoms with Gasteiger partial charge in [-0.25, -0.2) is 4.79 Å². The molecule has 1 heterocycles. The Hall–Kier alpha value is -1.36. The molecule has 0 aliphatic heterocycles. The molecule has 1 aromatic heterocycles. The lowest BCUT2D eigenvalue weighted by atomic mass is 10.1. The first-order valence-electron chi connectivity index (χ1n) is 5.86. The van der Waals surface area contributed by atoms with Gasteiger partial charge in [0.1, 0.15) is 0 Å². The van der Waals surface area contributed by atoms with E-state index in [1.807, 2.05) is 31.2 Å². The predicted octanol–water partition coefficient (Wildman–Crippen LogP) is 3.95. The first-order chi connectivity index (χ1) is 9.08. The highest BCUT2D eigenvalue weighted by molar-refractivity contribution is 7.10. The minimum Gasteiger partial charge on any atom is -0.478 e. The van der Waals surface area contributed by atoms with Gasteiger partial charge in [-0.05, 0) is 24.6 Å². The van der Waals surface area contributed by atoms with Crippen molar-refractivity contribution in [1.29, 1.82) is 0 Å². The lowest BCUT2D eigenvalue weighted by Gasteiger charge is -2.14. The Labute approximate surface area is 120 Å². The van der Waals surface area contributed by atoms with Crippen LogP contribution in [-0.2, 0) is 6.54 Å². The van der Waals surface area contributed by atoms with E-state index in [9.17, 15) is 4.79 Å². The summed E-state index contributed by atoms with van der Waals surface area (Å²) >= 11 is 7.57. The molecule has 0 fully saturated rings. The number of benzene rings is 1. The molecule has 0 unspecified atom stereocenters. The van der Waals surface area contributed by atoms with Gasteiger partial charge < -0.3 is 10.4 Å². The molecule has 0 bridgehead atoms. The van der Waals surface area contributed by atoms with Gasteiger partial charge in [-0.15, -0.1) is 11.3 Å². The van der Waals surface area contributed by atoms with Crippen LogP contribution in [0.5, 0.6) is 0 Å². The van der Waals surface area contributed by atoms with Crippen molar-refractivity contribution >= 4 is 28.9 Å². The van der Waals surface area contributed by atoms with Crippen molar-refractivity contribution in [3.8, 4) is 0 Å². The zero-order chi connectivity index (χ0) is 13.8. The predicted molar refractivity (Wildman–Crippen MR) is 78.0 cm³/mol. The third-order valence-corrected chi connectivity index (χ3v) is 4.14. The summed E-state index contributed by atoms with van der Waals surface area (Å²) in [6.45, 7) is 2.66.